The zero-order chi connectivity index (χ0) is 16.9. The predicted octanol–water partition coefficient (Wildman–Crippen LogP) is 1.46. The Hall–Kier alpha value is -2.70. The number of nitrogens with one attached hydrogen (secondary N) is 1. The molecule has 0 saturated carbocycles. The number of rotatable bonds is 4. The fraction of sp³-hybridized carbons (Fsp3) is 0.412. The molecule has 1 aromatic heterocycles. The predicted molar refractivity (Wildman–Crippen MR) is 92.2 cm³/mol. The Labute approximate surface area is 141 Å². The summed E-state index contributed by atoms with van der Waals surface area (Å²) in [5.74, 6) is 0.867. The molecule has 1 aromatic carbocycles. The molecule has 1 N–H and O–H groups in total. The number of piperazine rings is 1. The van der Waals surface area contributed by atoms with E-state index in [1.807, 2.05) is 36.2 Å². The van der Waals surface area contributed by atoms with Crippen LogP contribution in [-0.2, 0) is 13.6 Å². The van der Waals surface area contributed by atoms with Gasteiger partial charge in [-0.15, -0.1) is 0 Å². The fourth-order valence-corrected chi connectivity index (χ4v) is 2.89. The largest absolute Gasteiger partial charge is 0.495 e. The number of hydrogen-bond acceptors (Lipinski definition) is 4. The Morgan fingerprint density at radius 2 is 1.96 bits per heavy atom. The van der Waals surface area contributed by atoms with Gasteiger partial charge in [-0.25, -0.2) is 4.79 Å². The van der Waals surface area contributed by atoms with Crippen molar-refractivity contribution in [2.75, 3.05) is 38.2 Å². The average Bonchev–Trinajstić information content (AvgIpc) is 3.04. The van der Waals surface area contributed by atoms with Crippen LogP contribution >= 0.6 is 0 Å². The van der Waals surface area contributed by atoms with E-state index in [0.29, 0.717) is 19.6 Å². The standard InChI is InChI=1S/C17H23N5O2/c1-20-14(7-8-19-20)13-18-17(23)22-11-9-21(10-12-22)15-5-3-4-6-16(15)24-2/h3-8H,9-13H2,1-2H3,(H,18,23). The molecule has 0 spiro atoms. The smallest absolute Gasteiger partial charge is 0.317 e. The molecule has 7 heteroatoms. The van der Waals surface area contributed by atoms with Crippen LogP contribution in [0.2, 0.25) is 0 Å². The zero-order valence-electron chi connectivity index (χ0n) is 14.1. The third-order valence-corrected chi connectivity index (χ3v) is 4.34. The van der Waals surface area contributed by atoms with Crippen molar-refractivity contribution in [3.63, 3.8) is 0 Å². The van der Waals surface area contributed by atoms with E-state index in [9.17, 15) is 4.79 Å². The molecule has 128 valence electrons. The van der Waals surface area contributed by atoms with Gasteiger partial charge in [-0.3, -0.25) is 4.68 Å². The Morgan fingerprint density at radius 3 is 2.62 bits per heavy atom. The highest BCUT2D eigenvalue weighted by atomic mass is 16.5. The molecule has 2 aromatic rings. The Morgan fingerprint density at radius 1 is 1.21 bits per heavy atom. The van der Waals surface area contributed by atoms with E-state index in [2.05, 4.69) is 21.4 Å². The molecular weight excluding hydrogens is 306 g/mol. The molecule has 1 saturated heterocycles. The minimum Gasteiger partial charge on any atom is -0.495 e. The number of carbonyl (C=O) groups is 1. The second kappa shape index (κ2) is 7.25. The Bertz CT molecular complexity index is 692. The highest BCUT2D eigenvalue weighted by Gasteiger charge is 2.22. The lowest BCUT2D eigenvalue weighted by atomic mass is 10.2. The zero-order valence-corrected chi connectivity index (χ0v) is 14.1. The van der Waals surface area contributed by atoms with E-state index in [0.717, 1.165) is 30.2 Å². The van der Waals surface area contributed by atoms with Gasteiger partial charge in [0.2, 0.25) is 0 Å². The summed E-state index contributed by atoms with van der Waals surface area (Å²) >= 11 is 0. The number of aryl methyl sites for hydroxylation is 1. The number of ether oxygens (including phenoxy) is 1. The van der Waals surface area contributed by atoms with Crippen LogP contribution in [0.5, 0.6) is 5.75 Å². The topological polar surface area (TPSA) is 62.6 Å². The van der Waals surface area contributed by atoms with Crippen LogP contribution in [0, 0.1) is 0 Å². The van der Waals surface area contributed by atoms with Gasteiger partial charge in [-0.1, -0.05) is 12.1 Å². The van der Waals surface area contributed by atoms with Gasteiger partial charge in [0.1, 0.15) is 5.75 Å². The van der Waals surface area contributed by atoms with Crippen molar-refractivity contribution < 1.29 is 9.53 Å². The molecule has 3 rings (SSSR count). The molecule has 1 aliphatic rings. The van der Waals surface area contributed by atoms with E-state index in [4.69, 9.17) is 4.74 Å². The third-order valence-electron chi connectivity index (χ3n) is 4.34. The molecule has 0 atom stereocenters. The molecule has 1 aliphatic heterocycles. The maximum Gasteiger partial charge on any atom is 0.317 e. The van der Waals surface area contributed by atoms with Crippen LogP contribution in [0.1, 0.15) is 5.69 Å². The van der Waals surface area contributed by atoms with E-state index in [1.54, 1.807) is 18.0 Å². The first-order valence-corrected chi connectivity index (χ1v) is 8.06. The summed E-state index contributed by atoms with van der Waals surface area (Å²) in [5, 5.41) is 7.06. The fourth-order valence-electron chi connectivity index (χ4n) is 2.89. The number of carbonyl (C=O) groups excluding carboxylic acids is 1. The number of urea groups is 1. The molecule has 1 fully saturated rings. The minimum absolute atomic E-state index is 0.0316. The maximum atomic E-state index is 12.3. The maximum absolute atomic E-state index is 12.3. The molecule has 2 heterocycles. The van der Waals surface area contributed by atoms with Crippen molar-refractivity contribution in [3.05, 3.63) is 42.2 Å². The van der Waals surface area contributed by atoms with E-state index < -0.39 is 0 Å². The van der Waals surface area contributed by atoms with E-state index >= 15 is 0 Å². The molecular formula is C17H23N5O2. The Balaban J connectivity index is 1.53. The number of nitrogens with zero attached hydrogens (tertiary/aromatic N) is 4. The van der Waals surface area contributed by atoms with E-state index in [1.165, 1.54) is 0 Å². The van der Waals surface area contributed by atoms with Gasteiger partial charge >= 0.3 is 6.03 Å². The summed E-state index contributed by atoms with van der Waals surface area (Å²) in [5.41, 5.74) is 2.06. The van der Waals surface area contributed by atoms with Crippen molar-refractivity contribution in [2.24, 2.45) is 7.05 Å². The second-order valence-electron chi connectivity index (χ2n) is 5.75. The summed E-state index contributed by atoms with van der Waals surface area (Å²) in [4.78, 5) is 16.4. The van der Waals surface area contributed by atoms with Crippen LogP contribution in [0.3, 0.4) is 0 Å². The van der Waals surface area contributed by atoms with Crippen LogP contribution in [-0.4, -0.2) is 54.0 Å². The van der Waals surface area contributed by atoms with Crippen molar-refractivity contribution in [1.82, 2.24) is 20.0 Å². The van der Waals surface area contributed by atoms with Crippen LogP contribution in [0.15, 0.2) is 36.5 Å². The average molecular weight is 329 g/mol. The molecule has 0 radical (unpaired) electrons. The molecule has 0 aliphatic carbocycles. The number of hydrogen-bond donors (Lipinski definition) is 1. The van der Waals surface area contributed by atoms with Gasteiger partial charge < -0.3 is 19.9 Å². The van der Waals surface area contributed by atoms with Crippen molar-refractivity contribution in [2.45, 2.75) is 6.54 Å². The molecule has 0 bridgehead atoms. The van der Waals surface area contributed by atoms with Gasteiger partial charge in [-0.05, 0) is 18.2 Å². The van der Waals surface area contributed by atoms with Gasteiger partial charge in [0.05, 0.1) is 25.0 Å². The lowest BCUT2D eigenvalue weighted by molar-refractivity contribution is 0.193. The summed E-state index contributed by atoms with van der Waals surface area (Å²) in [6.07, 6.45) is 1.73. The van der Waals surface area contributed by atoms with Crippen molar-refractivity contribution in [3.8, 4) is 5.75 Å². The molecule has 24 heavy (non-hydrogen) atoms. The van der Waals surface area contributed by atoms with E-state index in [-0.39, 0.29) is 6.03 Å². The Kier molecular flexibility index (Phi) is 4.88. The summed E-state index contributed by atoms with van der Waals surface area (Å²) < 4.78 is 7.18. The third kappa shape index (κ3) is 3.45. The number of para-hydroxylation sites is 2. The first-order chi connectivity index (χ1) is 11.7. The van der Waals surface area contributed by atoms with Crippen molar-refractivity contribution >= 4 is 11.7 Å². The lowest BCUT2D eigenvalue weighted by Gasteiger charge is -2.36. The lowest BCUT2D eigenvalue weighted by Crippen LogP contribution is -2.51. The quantitative estimate of drug-likeness (QED) is 0.922. The number of amides is 2. The first kappa shape index (κ1) is 16.2. The summed E-state index contributed by atoms with van der Waals surface area (Å²) in [6, 6.07) is 9.85. The molecule has 7 nitrogen and oxygen atoms in total. The van der Waals surface area contributed by atoms with Gasteiger partial charge in [0.25, 0.3) is 0 Å². The van der Waals surface area contributed by atoms with Gasteiger partial charge in [0, 0.05) is 39.4 Å². The number of methoxy groups -OCH3 is 1. The minimum atomic E-state index is -0.0316. The second-order valence-corrected chi connectivity index (χ2v) is 5.75. The number of anilines is 1. The van der Waals surface area contributed by atoms with Crippen LogP contribution in [0.25, 0.3) is 0 Å². The highest BCUT2D eigenvalue weighted by molar-refractivity contribution is 5.74. The monoisotopic (exact) mass is 329 g/mol. The van der Waals surface area contributed by atoms with Gasteiger partial charge in [0.15, 0.2) is 0 Å². The number of benzene rings is 1. The highest BCUT2D eigenvalue weighted by Crippen LogP contribution is 2.28. The van der Waals surface area contributed by atoms with Crippen LogP contribution < -0.4 is 15.0 Å². The molecule has 2 amide bonds. The summed E-state index contributed by atoms with van der Waals surface area (Å²) in [7, 11) is 3.55. The van der Waals surface area contributed by atoms with Gasteiger partial charge in [-0.2, -0.15) is 5.10 Å². The normalized spacial score (nSPS) is 14.6. The summed E-state index contributed by atoms with van der Waals surface area (Å²) in [6.45, 7) is 3.45. The van der Waals surface area contributed by atoms with Crippen molar-refractivity contribution in [1.29, 1.82) is 0 Å². The first-order valence-electron chi connectivity index (χ1n) is 8.06. The number of aromatic nitrogens is 2. The SMILES string of the molecule is COc1ccccc1N1CCN(C(=O)NCc2ccnn2C)CC1. The van der Waals surface area contributed by atoms with Crippen LogP contribution in [0.4, 0.5) is 10.5 Å². The molecule has 0 unspecified atom stereocenters.